The number of rotatable bonds is 2. The lowest BCUT2D eigenvalue weighted by Gasteiger charge is -2.31. The number of Topliss-reactive ketones (excluding diaryl/α,β-unsaturated/α-hetero) is 1. The second-order valence-corrected chi connectivity index (χ2v) is 4.82. The van der Waals surface area contributed by atoms with Gasteiger partial charge in [-0.25, -0.2) is 4.39 Å². The van der Waals surface area contributed by atoms with Crippen LogP contribution in [0.25, 0.3) is 0 Å². The lowest BCUT2D eigenvalue weighted by atomic mass is 9.93. The third kappa shape index (κ3) is 2.75. The number of carbonyl (C=O) groups is 2. The van der Waals surface area contributed by atoms with E-state index in [1.807, 2.05) is 0 Å². The van der Waals surface area contributed by atoms with Gasteiger partial charge in [0.25, 0.3) is 5.91 Å². The number of carbonyl (C=O) groups excluding carboxylic acids is 2. The topological polar surface area (TPSA) is 57.6 Å². The predicted octanol–water partition coefficient (Wildman–Crippen LogP) is 2.12. The van der Waals surface area contributed by atoms with Crippen LogP contribution >= 0.6 is 0 Å². The molecule has 0 unspecified atom stereocenters. The van der Waals surface area contributed by atoms with Gasteiger partial charge in [-0.3, -0.25) is 9.59 Å². The quantitative estimate of drug-likeness (QED) is 0.891. The van der Waals surface area contributed by atoms with E-state index in [-0.39, 0.29) is 23.1 Å². The number of amides is 1. The van der Waals surface area contributed by atoms with E-state index in [2.05, 4.69) is 0 Å². The summed E-state index contributed by atoms with van der Waals surface area (Å²) < 4.78 is 13.6. The summed E-state index contributed by atoms with van der Waals surface area (Å²) in [5, 5.41) is 9.61. The number of benzene rings is 1. The van der Waals surface area contributed by atoms with Crippen LogP contribution in [0.15, 0.2) is 18.2 Å². The van der Waals surface area contributed by atoms with Crippen molar-refractivity contribution in [2.24, 2.45) is 0 Å². The van der Waals surface area contributed by atoms with Gasteiger partial charge in [-0.2, -0.15) is 0 Å². The maximum Gasteiger partial charge on any atom is 0.260 e. The molecule has 1 aliphatic carbocycles. The Morgan fingerprint density at radius 3 is 2.58 bits per heavy atom. The smallest absolute Gasteiger partial charge is 0.260 e. The summed E-state index contributed by atoms with van der Waals surface area (Å²) >= 11 is 0. The van der Waals surface area contributed by atoms with E-state index in [9.17, 15) is 19.1 Å². The van der Waals surface area contributed by atoms with Gasteiger partial charge in [0.1, 0.15) is 22.9 Å². The monoisotopic (exact) mass is 265 g/mol. The van der Waals surface area contributed by atoms with Gasteiger partial charge in [-0.05, 0) is 25.0 Å². The van der Waals surface area contributed by atoms with Crippen molar-refractivity contribution >= 4 is 11.7 Å². The highest BCUT2D eigenvalue weighted by molar-refractivity contribution is 5.97. The van der Waals surface area contributed by atoms with E-state index in [1.54, 1.807) is 7.05 Å². The molecule has 1 saturated carbocycles. The maximum atomic E-state index is 13.6. The molecule has 0 heterocycles. The van der Waals surface area contributed by atoms with E-state index in [0.29, 0.717) is 25.7 Å². The Morgan fingerprint density at radius 1 is 1.37 bits per heavy atom. The van der Waals surface area contributed by atoms with Gasteiger partial charge in [-0.15, -0.1) is 0 Å². The summed E-state index contributed by atoms with van der Waals surface area (Å²) in [6.07, 6.45) is 2.09. The molecule has 0 bridgehead atoms. The molecule has 1 N–H and O–H groups in total. The summed E-state index contributed by atoms with van der Waals surface area (Å²) in [5.74, 6) is -1.44. The van der Waals surface area contributed by atoms with Crippen LogP contribution in [0.2, 0.25) is 0 Å². The van der Waals surface area contributed by atoms with Crippen LogP contribution in [0, 0.1) is 5.82 Å². The Morgan fingerprint density at radius 2 is 2.00 bits per heavy atom. The molecule has 4 nitrogen and oxygen atoms in total. The van der Waals surface area contributed by atoms with Crippen molar-refractivity contribution in [1.82, 2.24) is 4.90 Å². The molecule has 0 atom stereocenters. The van der Waals surface area contributed by atoms with Crippen molar-refractivity contribution in [1.29, 1.82) is 0 Å². The van der Waals surface area contributed by atoms with E-state index in [4.69, 9.17) is 0 Å². The van der Waals surface area contributed by atoms with E-state index in [1.165, 1.54) is 17.0 Å². The summed E-state index contributed by atoms with van der Waals surface area (Å²) in [6, 6.07) is 3.70. The fraction of sp³-hybridized carbons (Fsp3) is 0.429. The molecular weight excluding hydrogens is 249 g/mol. The minimum absolute atomic E-state index is 0.0794. The highest BCUT2D eigenvalue weighted by atomic mass is 19.1. The maximum absolute atomic E-state index is 13.6. The third-order valence-corrected chi connectivity index (χ3v) is 3.59. The number of hydrogen-bond donors (Lipinski definition) is 1. The zero-order valence-electron chi connectivity index (χ0n) is 10.7. The van der Waals surface area contributed by atoms with Crippen molar-refractivity contribution in [2.75, 3.05) is 7.05 Å². The van der Waals surface area contributed by atoms with Crippen LogP contribution in [0.4, 0.5) is 4.39 Å². The molecule has 0 saturated heterocycles. The van der Waals surface area contributed by atoms with Gasteiger partial charge in [0, 0.05) is 25.9 Å². The van der Waals surface area contributed by atoms with E-state index >= 15 is 0 Å². The van der Waals surface area contributed by atoms with Crippen LogP contribution in [-0.2, 0) is 4.79 Å². The molecule has 1 aliphatic rings. The number of phenolic OH excluding ortho intramolecular Hbond substituents is 1. The Hall–Kier alpha value is -1.91. The Labute approximate surface area is 110 Å². The molecule has 0 spiro atoms. The second-order valence-electron chi connectivity index (χ2n) is 4.82. The van der Waals surface area contributed by atoms with E-state index in [0.717, 1.165) is 6.07 Å². The fourth-order valence-corrected chi connectivity index (χ4v) is 2.38. The van der Waals surface area contributed by atoms with Crippen LogP contribution < -0.4 is 0 Å². The van der Waals surface area contributed by atoms with E-state index < -0.39 is 11.7 Å². The number of hydrogen-bond acceptors (Lipinski definition) is 3. The van der Waals surface area contributed by atoms with Crippen LogP contribution in [0.1, 0.15) is 36.0 Å². The van der Waals surface area contributed by atoms with Gasteiger partial charge in [-0.1, -0.05) is 6.07 Å². The molecule has 1 amide bonds. The van der Waals surface area contributed by atoms with Gasteiger partial charge >= 0.3 is 0 Å². The van der Waals surface area contributed by atoms with Crippen molar-refractivity contribution in [3.05, 3.63) is 29.6 Å². The molecule has 5 heteroatoms. The fourth-order valence-electron chi connectivity index (χ4n) is 2.38. The molecule has 2 rings (SSSR count). The van der Waals surface area contributed by atoms with Crippen LogP contribution in [0.3, 0.4) is 0 Å². The first kappa shape index (κ1) is 13.5. The number of phenols is 1. The highest BCUT2D eigenvalue weighted by Gasteiger charge is 2.28. The molecular formula is C14H16FNO3. The number of ketones is 1. The lowest BCUT2D eigenvalue weighted by molar-refractivity contribution is -0.121. The minimum atomic E-state index is -0.733. The predicted molar refractivity (Wildman–Crippen MR) is 67.4 cm³/mol. The molecule has 1 fully saturated rings. The first-order chi connectivity index (χ1) is 9.00. The number of nitrogens with zero attached hydrogens (tertiary/aromatic N) is 1. The number of halogens is 1. The summed E-state index contributed by atoms with van der Waals surface area (Å²) in [5.41, 5.74) is -0.304. The molecule has 1 aromatic rings. The van der Waals surface area contributed by atoms with Crippen molar-refractivity contribution < 1.29 is 19.1 Å². The normalized spacial score (nSPS) is 16.4. The summed E-state index contributed by atoms with van der Waals surface area (Å²) in [7, 11) is 1.58. The van der Waals surface area contributed by atoms with Gasteiger partial charge in [0.15, 0.2) is 0 Å². The zero-order valence-corrected chi connectivity index (χ0v) is 10.7. The highest BCUT2D eigenvalue weighted by Crippen LogP contribution is 2.25. The zero-order chi connectivity index (χ0) is 14.0. The van der Waals surface area contributed by atoms with Crippen molar-refractivity contribution in [2.45, 2.75) is 31.7 Å². The summed E-state index contributed by atoms with van der Waals surface area (Å²) in [6.45, 7) is 0. The molecule has 19 heavy (non-hydrogen) atoms. The first-order valence-electron chi connectivity index (χ1n) is 6.27. The largest absolute Gasteiger partial charge is 0.507 e. The molecule has 102 valence electrons. The Bertz CT molecular complexity index is 485. The minimum Gasteiger partial charge on any atom is -0.507 e. The van der Waals surface area contributed by atoms with Gasteiger partial charge in [0.05, 0.1) is 0 Å². The average Bonchev–Trinajstić information content (AvgIpc) is 2.38. The standard InChI is InChI=1S/C14H16FNO3/c1-16(9-5-7-10(17)8-6-9)14(19)13-11(15)3-2-4-12(13)18/h2-4,9,18H,5-8H2,1H3. The molecule has 0 radical (unpaired) electrons. The molecule has 0 aromatic heterocycles. The van der Waals surface area contributed by atoms with Gasteiger partial charge in [0.2, 0.25) is 0 Å². The second kappa shape index (κ2) is 5.38. The van der Waals surface area contributed by atoms with Crippen molar-refractivity contribution in [3.63, 3.8) is 0 Å². The van der Waals surface area contributed by atoms with Gasteiger partial charge < -0.3 is 10.0 Å². The van der Waals surface area contributed by atoms with Crippen molar-refractivity contribution in [3.8, 4) is 5.75 Å². The summed E-state index contributed by atoms with van der Waals surface area (Å²) in [4.78, 5) is 24.8. The van der Waals surface area contributed by atoms with Crippen LogP contribution in [-0.4, -0.2) is 34.8 Å². The average molecular weight is 265 g/mol. The SMILES string of the molecule is CN(C(=O)c1c(O)cccc1F)C1CCC(=O)CC1. The number of aromatic hydroxyl groups is 1. The molecule has 1 aromatic carbocycles. The van der Waals surface area contributed by atoms with Crippen LogP contribution in [0.5, 0.6) is 5.75 Å². The lowest BCUT2D eigenvalue weighted by Crippen LogP contribution is -2.39. The molecule has 0 aliphatic heterocycles. The Balaban J connectivity index is 2.17. The Kier molecular flexibility index (Phi) is 3.83. The first-order valence-corrected chi connectivity index (χ1v) is 6.27. The third-order valence-electron chi connectivity index (χ3n) is 3.59.